The first-order chi connectivity index (χ1) is 8.74. The van der Waals surface area contributed by atoms with Crippen LogP contribution in [0.15, 0.2) is 0 Å². The molecule has 5 heteroatoms. The molecule has 0 N–H and O–H groups in total. The highest BCUT2D eigenvalue weighted by molar-refractivity contribution is 5.95. The van der Waals surface area contributed by atoms with Crippen molar-refractivity contribution in [2.75, 3.05) is 13.1 Å². The molecule has 5 nitrogen and oxygen atoms in total. The van der Waals surface area contributed by atoms with E-state index in [0.29, 0.717) is 6.10 Å². The van der Waals surface area contributed by atoms with Gasteiger partial charge in [-0.3, -0.25) is 9.59 Å². The van der Waals surface area contributed by atoms with E-state index in [1.165, 1.54) is 0 Å². The smallest absolute Gasteiger partial charge is 0.246 e. The predicted molar refractivity (Wildman–Crippen MR) is 62.7 cm³/mol. The normalized spacial score (nSPS) is 42.9. The van der Waals surface area contributed by atoms with Gasteiger partial charge in [0.25, 0.3) is 0 Å². The first kappa shape index (κ1) is 10.8. The molecule has 0 saturated carbocycles. The molecule has 0 aromatic rings. The van der Waals surface area contributed by atoms with Gasteiger partial charge in [0.05, 0.1) is 18.2 Å². The molecule has 0 aliphatic carbocycles. The van der Waals surface area contributed by atoms with E-state index < -0.39 is 0 Å². The summed E-state index contributed by atoms with van der Waals surface area (Å²) in [6.07, 6.45) is 5.39. The van der Waals surface area contributed by atoms with Crippen LogP contribution in [0.4, 0.5) is 0 Å². The summed E-state index contributed by atoms with van der Waals surface area (Å²) in [6.45, 7) is 1.03. The molecule has 0 spiro atoms. The van der Waals surface area contributed by atoms with E-state index in [0.717, 1.165) is 38.6 Å². The van der Waals surface area contributed by atoms with Gasteiger partial charge in [-0.25, -0.2) is 0 Å². The highest BCUT2D eigenvalue weighted by Crippen LogP contribution is 2.38. The second kappa shape index (κ2) is 3.70. The summed E-state index contributed by atoms with van der Waals surface area (Å²) in [5.41, 5.74) is 0. The molecule has 0 aromatic carbocycles. The van der Waals surface area contributed by atoms with Gasteiger partial charge in [-0.15, -0.1) is 0 Å². The summed E-state index contributed by atoms with van der Waals surface area (Å²) in [5, 5.41) is 0. The number of fused-ring (bicyclic) bond motifs is 3. The van der Waals surface area contributed by atoms with E-state index in [2.05, 4.69) is 0 Å². The van der Waals surface area contributed by atoms with Crippen LogP contribution in [0.2, 0.25) is 0 Å². The second-order valence-electron chi connectivity index (χ2n) is 5.89. The number of hydrogen-bond acceptors (Lipinski definition) is 3. The Kier molecular flexibility index (Phi) is 2.22. The second-order valence-corrected chi connectivity index (χ2v) is 5.89. The molecule has 4 saturated heterocycles. The Balaban J connectivity index is 1.58. The van der Waals surface area contributed by atoms with Crippen LogP contribution < -0.4 is 0 Å². The van der Waals surface area contributed by atoms with Crippen LogP contribution in [-0.2, 0) is 14.3 Å². The Labute approximate surface area is 106 Å². The summed E-state index contributed by atoms with van der Waals surface area (Å²) < 4.78 is 5.81. The molecule has 0 radical (unpaired) electrons. The van der Waals surface area contributed by atoms with E-state index in [1.54, 1.807) is 4.90 Å². The molecule has 4 aliphatic rings. The van der Waals surface area contributed by atoms with Crippen molar-refractivity contribution in [1.82, 2.24) is 9.80 Å². The van der Waals surface area contributed by atoms with E-state index in [-0.39, 0.29) is 36.5 Å². The van der Waals surface area contributed by atoms with Crippen molar-refractivity contribution in [1.29, 1.82) is 0 Å². The van der Waals surface area contributed by atoms with Crippen LogP contribution in [0, 0.1) is 0 Å². The molecule has 18 heavy (non-hydrogen) atoms. The Morgan fingerprint density at radius 2 is 2.00 bits per heavy atom. The maximum absolute atomic E-state index is 12.5. The van der Waals surface area contributed by atoms with E-state index in [9.17, 15) is 9.59 Å². The third-order valence-corrected chi connectivity index (χ3v) is 4.92. The quantitative estimate of drug-likeness (QED) is 0.665. The fraction of sp³-hybridized carbons (Fsp3) is 0.846. The van der Waals surface area contributed by atoms with Crippen LogP contribution in [0.25, 0.3) is 0 Å². The largest absolute Gasteiger partial charge is 0.373 e. The maximum Gasteiger partial charge on any atom is 0.246 e. The predicted octanol–water partition coefficient (Wildman–Crippen LogP) is 0.139. The van der Waals surface area contributed by atoms with E-state index in [4.69, 9.17) is 4.74 Å². The minimum absolute atomic E-state index is 0.125. The Morgan fingerprint density at radius 3 is 2.72 bits per heavy atom. The molecule has 2 amide bonds. The van der Waals surface area contributed by atoms with Crippen molar-refractivity contribution >= 4 is 11.8 Å². The minimum Gasteiger partial charge on any atom is -0.373 e. The number of rotatable bonds is 1. The Hall–Kier alpha value is -1.10. The van der Waals surface area contributed by atoms with Gasteiger partial charge in [0, 0.05) is 6.54 Å². The summed E-state index contributed by atoms with van der Waals surface area (Å²) >= 11 is 0. The van der Waals surface area contributed by atoms with Gasteiger partial charge in [-0.2, -0.15) is 0 Å². The van der Waals surface area contributed by atoms with Crippen molar-refractivity contribution in [2.45, 2.75) is 56.4 Å². The fourth-order valence-electron chi connectivity index (χ4n) is 4.05. The minimum atomic E-state index is -0.176. The van der Waals surface area contributed by atoms with E-state index in [1.807, 2.05) is 4.90 Å². The zero-order valence-corrected chi connectivity index (χ0v) is 10.4. The third kappa shape index (κ3) is 1.37. The Morgan fingerprint density at radius 1 is 1.11 bits per heavy atom. The number of amides is 2. The lowest BCUT2D eigenvalue weighted by molar-refractivity contribution is -0.156. The molecular formula is C13H18N2O3. The molecule has 4 fully saturated rings. The van der Waals surface area contributed by atoms with Crippen molar-refractivity contribution in [2.24, 2.45) is 0 Å². The number of carbonyl (C=O) groups excluding carboxylic acids is 2. The Bertz CT molecular complexity index is 411. The average molecular weight is 250 g/mol. The number of carbonyl (C=O) groups is 2. The molecular weight excluding hydrogens is 232 g/mol. The van der Waals surface area contributed by atoms with Gasteiger partial charge in [0.2, 0.25) is 11.8 Å². The number of hydrogen-bond donors (Lipinski definition) is 0. The summed E-state index contributed by atoms with van der Waals surface area (Å²) in [6, 6.07) is -0.0201. The van der Waals surface area contributed by atoms with Crippen molar-refractivity contribution in [3.63, 3.8) is 0 Å². The zero-order chi connectivity index (χ0) is 12.3. The molecule has 4 atom stereocenters. The lowest BCUT2D eigenvalue weighted by Crippen LogP contribution is -2.61. The van der Waals surface area contributed by atoms with Gasteiger partial charge >= 0.3 is 0 Å². The fourth-order valence-corrected chi connectivity index (χ4v) is 4.05. The van der Waals surface area contributed by atoms with Gasteiger partial charge in [0.15, 0.2) is 0 Å². The lowest BCUT2D eigenvalue weighted by atomic mass is 9.93. The summed E-state index contributed by atoms with van der Waals surface area (Å²) in [4.78, 5) is 28.2. The topological polar surface area (TPSA) is 49.9 Å². The number of ether oxygens (including phenoxy) is 1. The summed E-state index contributed by atoms with van der Waals surface area (Å²) in [7, 11) is 0. The van der Waals surface area contributed by atoms with Crippen LogP contribution in [-0.4, -0.2) is 59.0 Å². The highest BCUT2D eigenvalue weighted by Gasteiger charge is 2.50. The van der Waals surface area contributed by atoms with Crippen LogP contribution >= 0.6 is 0 Å². The number of piperazine rings is 1. The van der Waals surface area contributed by atoms with Crippen molar-refractivity contribution in [3.8, 4) is 0 Å². The van der Waals surface area contributed by atoms with Gasteiger partial charge in [-0.05, 0) is 32.1 Å². The highest BCUT2D eigenvalue weighted by atomic mass is 16.5. The molecule has 98 valence electrons. The number of nitrogens with zero attached hydrogens (tertiary/aromatic N) is 2. The monoisotopic (exact) mass is 250 g/mol. The van der Waals surface area contributed by atoms with Crippen molar-refractivity contribution in [3.05, 3.63) is 0 Å². The molecule has 4 rings (SSSR count). The SMILES string of the molecule is O=C1CN(C2CC3CCC2O3)C(=O)C2CCCN12. The molecule has 4 unspecified atom stereocenters. The standard InChI is InChI=1S/C13H18N2O3/c16-12-7-15(10-6-8-3-4-11(10)18-8)13(17)9-2-1-5-14(9)12/h8-11H,1-7H2. The lowest BCUT2D eigenvalue weighted by Gasteiger charge is -2.41. The first-order valence-corrected chi connectivity index (χ1v) is 6.99. The van der Waals surface area contributed by atoms with Crippen LogP contribution in [0.3, 0.4) is 0 Å². The van der Waals surface area contributed by atoms with Crippen molar-refractivity contribution < 1.29 is 14.3 Å². The van der Waals surface area contributed by atoms with Gasteiger partial charge < -0.3 is 14.5 Å². The molecule has 4 aliphatic heterocycles. The van der Waals surface area contributed by atoms with Crippen LogP contribution in [0.5, 0.6) is 0 Å². The van der Waals surface area contributed by atoms with Gasteiger partial charge in [0.1, 0.15) is 12.6 Å². The zero-order valence-electron chi connectivity index (χ0n) is 10.4. The molecule has 4 heterocycles. The molecule has 0 aromatic heterocycles. The average Bonchev–Trinajstić information content (AvgIpc) is 3.06. The molecule has 2 bridgehead atoms. The first-order valence-electron chi connectivity index (χ1n) is 6.99. The van der Waals surface area contributed by atoms with E-state index >= 15 is 0 Å². The van der Waals surface area contributed by atoms with Gasteiger partial charge in [-0.1, -0.05) is 0 Å². The van der Waals surface area contributed by atoms with Crippen LogP contribution in [0.1, 0.15) is 32.1 Å². The maximum atomic E-state index is 12.5. The third-order valence-electron chi connectivity index (χ3n) is 4.92. The summed E-state index contributed by atoms with van der Waals surface area (Å²) in [5.74, 6) is 0.285.